The van der Waals surface area contributed by atoms with E-state index in [1.165, 1.54) is 18.3 Å². The first-order chi connectivity index (χ1) is 11.8. The van der Waals surface area contributed by atoms with Gasteiger partial charge in [-0.25, -0.2) is 4.79 Å². The van der Waals surface area contributed by atoms with Gasteiger partial charge in [-0.1, -0.05) is 15.9 Å². The summed E-state index contributed by atoms with van der Waals surface area (Å²) in [4.78, 5) is 33.6. The molecule has 25 heavy (non-hydrogen) atoms. The molecule has 3 aromatic rings. The zero-order valence-corrected chi connectivity index (χ0v) is 14.5. The highest BCUT2D eigenvalue weighted by Gasteiger charge is 2.22. The van der Waals surface area contributed by atoms with Crippen molar-refractivity contribution in [2.75, 3.05) is 0 Å². The van der Waals surface area contributed by atoms with Gasteiger partial charge in [-0.15, -0.1) is 0 Å². The van der Waals surface area contributed by atoms with E-state index in [1.54, 1.807) is 35.8 Å². The molecule has 8 heteroatoms. The van der Waals surface area contributed by atoms with E-state index in [9.17, 15) is 19.7 Å². The predicted molar refractivity (Wildman–Crippen MR) is 94.3 cm³/mol. The maximum atomic E-state index is 12.0. The number of rotatable bonds is 4. The van der Waals surface area contributed by atoms with Crippen molar-refractivity contribution in [1.29, 1.82) is 0 Å². The average Bonchev–Trinajstić information content (AvgIpc) is 2.92. The molecule has 1 aromatic heterocycles. The van der Waals surface area contributed by atoms with E-state index in [1.807, 2.05) is 0 Å². The van der Waals surface area contributed by atoms with Crippen molar-refractivity contribution in [1.82, 2.24) is 4.57 Å². The first-order valence-electron chi connectivity index (χ1n) is 7.13. The lowest BCUT2D eigenvalue weighted by molar-refractivity contribution is -0.384. The van der Waals surface area contributed by atoms with Crippen LogP contribution in [0.3, 0.4) is 0 Å². The van der Waals surface area contributed by atoms with Crippen LogP contribution < -0.4 is 0 Å². The van der Waals surface area contributed by atoms with Gasteiger partial charge in [-0.2, -0.15) is 0 Å². The summed E-state index contributed by atoms with van der Waals surface area (Å²) >= 11 is 3.32. The van der Waals surface area contributed by atoms with Crippen molar-refractivity contribution in [3.8, 4) is 5.69 Å². The number of nitro groups is 1. The number of fused-ring (bicyclic) bond motifs is 1. The van der Waals surface area contributed by atoms with Crippen LogP contribution in [0.2, 0.25) is 0 Å². The first-order valence-corrected chi connectivity index (χ1v) is 7.92. The molecule has 0 saturated heterocycles. The van der Waals surface area contributed by atoms with Crippen molar-refractivity contribution in [3.63, 3.8) is 0 Å². The summed E-state index contributed by atoms with van der Waals surface area (Å²) in [6, 6.07) is 9.56. The zero-order chi connectivity index (χ0) is 18.3. The van der Waals surface area contributed by atoms with Gasteiger partial charge in [0.25, 0.3) is 11.5 Å². The molecular weight excluding hydrogens is 392 g/mol. The van der Waals surface area contributed by atoms with Crippen molar-refractivity contribution in [2.45, 2.75) is 6.92 Å². The van der Waals surface area contributed by atoms with Crippen LogP contribution in [0.5, 0.6) is 0 Å². The summed E-state index contributed by atoms with van der Waals surface area (Å²) in [5.41, 5.74) is 1.90. The van der Waals surface area contributed by atoms with E-state index in [-0.39, 0.29) is 11.3 Å². The molecule has 0 atom stereocenters. The minimum absolute atomic E-state index is 0.0395. The second kappa shape index (κ2) is 6.14. The van der Waals surface area contributed by atoms with Crippen LogP contribution in [0, 0.1) is 17.0 Å². The third-order valence-corrected chi connectivity index (χ3v) is 4.35. The van der Waals surface area contributed by atoms with Gasteiger partial charge in [0.15, 0.2) is 0 Å². The van der Waals surface area contributed by atoms with E-state index in [2.05, 4.69) is 15.9 Å². The van der Waals surface area contributed by atoms with Crippen LogP contribution in [0.1, 0.15) is 15.9 Å². The number of Topliss-reactive ketones (excluding diaryl/α,β-unsaturated/α-hetero) is 1. The predicted octanol–water partition coefficient (Wildman–Crippen LogP) is 3.88. The van der Waals surface area contributed by atoms with Crippen LogP contribution >= 0.6 is 15.9 Å². The number of non-ortho nitro benzene ring substituents is 1. The SMILES string of the molecule is Cc1cc([N+](=O)[O-])ccc1-n1cc(C(=O)C(=O)O)c2cc(Br)ccc21. The lowest BCUT2D eigenvalue weighted by Crippen LogP contribution is -2.12. The summed E-state index contributed by atoms with van der Waals surface area (Å²) < 4.78 is 2.37. The number of hydrogen-bond donors (Lipinski definition) is 1. The third kappa shape index (κ3) is 2.91. The number of ketones is 1. The molecule has 0 unspecified atom stereocenters. The number of aryl methyl sites for hydroxylation is 1. The molecule has 0 aliphatic rings. The molecule has 0 spiro atoms. The maximum absolute atomic E-state index is 12.0. The highest BCUT2D eigenvalue weighted by atomic mass is 79.9. The Bertz CT molecular complexity index is 1050. The number of nitrogens with zero attached hydrogens (tertiary/aromatic N) is 2. The van der Waals surface area contributed by atoms with Gasteiger partial charge in [0.1, 0.15) is 0 Å². The Balaban J connectivity index is 2.29. The summed E-state index contributed by atoms with van der Waals surface area (Å²) in [5, 5.41) is 20.4. The molecule has 0 saturated carbocycles. The summed E-state index contributed by atoms with van der Waals surface area (Å²) in [7, 11) is 0. The molecular formula is C17H11BrN2O5. The highest BCUT2D eigenvalue weighted by molar-refractivity contribution is 9.10. The summed E-state index contributed by atoms with van der Waals surface area (Å²) in [6.45, 7) is 1.71. The molecule has 0 aliphatic heterocycles. The number of carboxylic acid groups (broad SMARTS) is 1. The molecule has 7 nitrogen and oxygen atoms in total. The molecule has 3 rings (SSSR count). The summed E-state index contributed by atoms with van der Waals surface area (Å²) in [5.74, 6) is -2.55. The topological polar surface area (TPSA) is 102 Å². The van der Waals surface area contributed by atoms with E-state index < -0.39 is 16.7 Å². The fourth-order valence-electron chi connectivity index (χ4n) is 2.72. The smallest absolute Gasteiger partial charge is 0.377 e. The van der Waals surface area contributed by atoms with E-state index >= 15 is 0 Å². The van der Waals surface area contributed by atoms with Crippen LogP contribution in [-0.4, -0.2) is 26.3 Å². The average molecular weight is 403 g/mol. The Morgan fingerprint density at radius 2 is 1.92 bits per heavy atom. The highest BCUT2D eigenvalue weighted by Crippen LogP contribution is 2.30. The van der Waals surface area contributed by atoms with Gasteiger partial charge in [0, 0.05) is 33.9 Å². The normalized spacial score (nSPS) is 10.8. The van der Waals surface area contributed by atoms with Gasteiger partial charge in [0.05, 0.1) is 16.0 Å². The number of carbonyl (C=O) groups excluding carboxylic acids is 1. The number of carboxylic acids is 1. The fraction of sp³-hybridized carbons (Fsp3) is 0.0588. The third-order valence-electron chi connectivity index (χ3n) is 3.86. The lowest BCUT2D eigenvalue weighted by Gasteiger charge is -2.09. The fourth-order valence-corrected chi connectivity index (χ4v) is 3.08. The van der Waals surface area contributed by atoms with Gasteiger partial charge in [-0.3, -0.25) is 14.9 Å². The largest absolute Gasteiger partial charge is 0.475 e. The molecule has 2 aromatic carbocycles. The van der Waals surface area contributed by atoms with Gasteiger partial charge in [-0.05, 0) is 36.8 Å². The standard InChI is InChI=1S/C17H11BrN2O5/c1-9-6-11(20(24)25)3-5-14(9)19-8-13(16(21)17(22)23)12-7-10(18)2-4-15(12)19/h2-8H,1H3,(H,22,23). The monoisotopic (exact) mass is 402 g/mol. The molecule has 1 N–H and O–H groups in total. The second-order valence-electron chi connectivity index (χ2n) is 5.44. The Hall–Kier alpha value is -3.00. The molecule has 1 heterocycles. The Kier molecular flexibility index (Phi) is 4.13. The molecule has 0 radical (unpaired) electrons. The Morgan fingerprint density at radius 3 is 2.52 bits per heavy atom. The lowest BCUT2D eigenvalue weighted by atomic mass is 10.1. The van der Waals surface area contributed by atoms with Gasteiger partial charge < -0.3 is 9.67 Å². The molecule has 0 amide bonds. The number of hydrogen-bond acceptors (Lipinski definition) is 4. The molecule has 0 fully saturated rings. The number of benzene rings is 2. The van der Waals surface area contributed by atoms with E-state index in [0.717, 1.165) is 0 Å². The Labute approximate surface area is 149 Å². The quantitative estimate of drug-likeness (QED) is 0.308. The number of aliphatic carboxylic acids is 1. The minimum atomic E-state index is -1.54. The number of halogens is 1. The number of aromatic nitrogens is 1. The van der Waals surface area contributed by atoms with Crippen molar-refractivity contribution >= 4 is 44.3 Å². The van der Waals surface area contributed by atoms with Crippen molar-refractivity contribution in [2.24, 2.45) is 0 Å². The van der Waals surface area contributed by atoms with Gasteiger partial charge >= 0.3 is 5.97 Å². The molecule has 0 aliphatic carbocycles. The van der Waals surface area contributed by atoms with Gasteiger partial charge in [0.2, 0.25) is 0 Å². The second-order valence-corrected chi connectivity index (χ2v) is 6.35. The van der Waals surface area contributed by atoms with Crippen LogP contribution in [0.25, 0.3) is 16.6 Å². The summed E-state index contributed by atoms with van der Waals surface area (Å²) in [6.07, 6.45) is 1.45. The number of nitro benzene ring substituents is 1. The number of carbonyl (C=O) groups is 2. The maximum Gasteiger partial charge on any atom is 0.377 e. The Morgan fingerprint density at radius 1 is 1.20 bits per heavy atom. The first kappa shape index (κ1) is 16.8. The van der Waals surface area contributed by atoms with Crippen molar-refractivity contribution < 1.29 is 19.6 Å². The van der Waals surface area contributed by atoms with Crippen LogP contribution in [0.15, 0.2) is 47.1 Å². The molecule has 126 valence electrons. The molecule has 0 bridgehead atoms. The van der Waals surface area contributed by atoms with E-state index in [4.69, 9.17) is 5.11 Å². The van der Waals surface area contributed by atoms with Crippen molar-refractivity contribution in [3.05, 3.63) is 68.3 Å². The van der Waals surface area contributed by atoms with E-state index in [0.29, 0.717) is 26.6 Å². The zero-order valence-electron chi connectivity index (χ0n) is 12.9. The minimum Gasteiger partial charge on any atom is -0.475 e. The van der Waals surface area contributed by atoms with Crippen LogP contribution in [-0.2, 0) is 4.79 Å². The van der Waals surface area contributed by atoms with Crippen LogP contribution in [0.4, 0.5) is 5.69 Å².